The van der Waals surface area contributed by atoms with E-state index < -0.39 is 54.1 Å². The van der Waals surface area contributed by atoms with Crippen molar-refractivity contribution in [3.8, 4) is 0 Å². The van der Waals surface area contributed by atoms with Crippen LogP contribution in [0.3, 0.4) is 0 Å². The van der Waals surface area contributed by atoms with Crippen LogP contribution in [0.5, 0.6) is 0 Å². The van der Waals surface area contributed by atoms with Crippen molar-refractivity contribution in [1.29, 1.82) is 0 Å². The lowest BCUT2D eigenvalue weighted by atomic mass is 9.79. The minimum Gasteiger partial charge on any atom is -0.462 e. The number of nitrogens with zero attached hydrogens (tertiary/aromatic N) is 1. The molecule has 0 aromatic carbocycles. The Morgan fingerprint density at radius 2 is 1.68 bits per heavy atom. The Bertz CT molecular complexity index is 855. The number of rotatable bonds is 3. The van der Waals surface area contributed by atoms with Crippen LogP contribution in [0.4, 0.5) is 0 Å². The van der Waals surface area contributed by atoms with E-state index in [1.807, 2.05) is 52.8 Å². The zero-order chi connectivity index (χ0) is 27.8. The smallest absolute Gasteiger partial charge is 0.311 e. The lowest BCUT2D eigenvalue weighted by Crippen LogP contribution is -2.56. The Labute approximate surface area is 221 Å². The van der Waals surface area contributed by atoms with Crippen molar-refractivity contribution in [3.63, 3.8) is 0 Å². The highest BCUT2D eigenvalue weighted by Gasteiger charge is 2.54. The van der Waals surface area contributed by atoms with Crippen LogP contribution in [0.15, 0.2) is 11.6 Å². The fourth-order valence-corrected chi connectivity index (χ4v) is 5.80. The number of Topliss-reactive ketones (excluding diaryl/α,β-unsaturated/α-hetero) is 1. The van der Waals surface area contributed by atoms with E-state index in [0.29, 0.717) is 25.0 Å². The van der Waals surface area contributed by atoms with Crippen molar-refractivity contribution >= 4 is 11.8 Å². The summed E-state index contributed by atoms with van der Waals surface area (Å²) >= 11 is 0. The van der Waals surface area contributed by atoms with Crippen molar-refractivity contribution in [1.82, 2.24) is 4.90 Å². The number of carbonyl (C=O) groups excluding carboxylic acids is 2. The molecular formula is C28H47NO8. The predicted molar refractivity (Wildman–Crippen MR) is 138 cm³/mol. The summed E-state index contributed by atoms with van der Waals surface area (Å²) in [7, 11) is 3.81. The second-order valence-electron chi connectivity index (χ2n) is 12.0. The minimum absolute atomic E-state index is 0.0858. The van der Waals surface area contributed by atoms with Crippen LogP contribution in [0.2, 0.25) is 0 Å². The molecule has 3 heterocycles. The second-order valence-corrected chi connectivity index (χ2v) is 12.0. The van der Waals surface area contributed by atoms with Gasteiger partial charge >= 0.3 is 5.97 Å². The fraction of sp³-hybridized carbons (Fsp3) is 0.857. The third kappa shape index (κ3) is 6.62. The van der Waals surface area contributed by atoms with Crippen LogP contribution >= 0.6 is 0 Å². The minimum atomic E-state index is -1.07. The number of aliphatic hydroxyl groups is 2. The van der Waals surface area contributed by atoms with Gasteiger partial charge in [-0.15, -0.1) is 0 Å². The maximum Gasteiger partial charge on any atom is 0.311 e. The summed E-state index contributed by atoms with van der Waals surface area (Å²) in [6.07, 6.45) is -1.27. The highest BCUT2D eigenvalue weighted by molar-refractivity contribution is 6.03. The Morgan fingerprint density at radius 1 is 1.05 bits per heavy atom. The van der Waals surface area contributed by atoms with E-state index in [1.165, 1.54) is 0 Å². The van der Waals surface area contributed by atoms with Crippen LogP contribution in [0.25, 0.3) is 0 Å². The first kappa shape index (κ1) is 30.2. The van der Waals surface area contributed by atoms with Crippen molar-refractivity contribution in [2.24, 2.45) is 23.7 Å². The van der Waals surface area contributed by atoms with Gasteiger partial charge in [0, 0.05) is 17.9 Å². The molecule has 12 atom stereocenters. The molecule has 212 valence electrons. The van der Waals surface area contributed by atoms with E-state index in [4.69, 9.17) is 18.9 Å². The predicted octanol–water partition coefficient (Wildman–Crippen LogP) is 2.32. The van der Waals surface area contributed by atoms with E-state index in [9.17, 15) is 19.8 Å². The Kier molecular flexibility index (Phi) is 9.63. The number of epoxide rings is 1. The highest BCUT2D eigenvalue weighted by atomic mass is 16.7. The van der Waals surface area contributed by atoms with Crippen LogP contribution in [0, 0.1) is 23.7 Å². The van der Waals surface area contributed by atoms with Crippen molar-refractivity contribution in [2.75, 3.05) is 20.7 Å². The number of esters is 1. The molecule has 9 nitrogen and oxygen atoms in total. The standard InChI is InChI=1S/C28H47NO8/c1-14-10-15(2)25(32)28(13-34-28)12-16(3)24(18(5)22(30)19(6)26(33)36-20(14)7)37-27-23(31)21(29(8)9)11-17(4)35-27/h10,14,16-24,27,30-31H,11-13H2,1-9H3/b15-10+/t14-,16+,17-,18+,19-,20+,21-,22-,23-,24+,27+,28+/m1/s1. The van der Waals surface area contributed by atoms with Gasteiger partial charge in [-0.2, -0.15) is 0 Å². The molecule has 2 N–H and O–H groups in total. The maximum absolute atomic E-state index is 13.4. The van der Waals surface area contributed by atoms with Gasteiger partial charge < -0.3 is 34.1 Å². The van der Waals surface area contributed by atoms with Crippen molar-refractivity contribution in [3.05, 3.63) is 11.6 Å². The van der Waals surface area contributed by atoms with Crippen LogP contribution in [-0.4, -0.2) is 96.0 Å². The molecular weight excluding hydrogens is 478 g/mol. The number of ether oxygens (including phenoxy) is 4. The Hall–Kier alpha value is -1.36. The molecule has 0 aromatic heterocycles. The first-order valence-electron chi connectivity index (χ1n) is 13.6. The molecule has 0 saturated carbocycles. The Balaban J connectivity index is 1.95. The largest absolute Gasteiger partial charge is 0.462 e. The summed E-state index contributed by atoms with van der Waals surface area (Å²) in [5, 5.41) is 22.4. The average molecular weight is 526 g/mol. The van der Waals surface area contributed by atoms with Crippen molar-refractivity contribution in [2.45, 2.75) is 110 Å². The quantitative estimate of drug-likeness (QED) is 0.423. The fourth-order valence-electron chi connectivity index (χ4n) is 5.80. The first-order chi connectivity index (χ1) is 17.2. The number of hydrogen-bond donors (Lipinski definition) is 2. The van der Waals surface area contributed by atoms with Crippen LogP contribution in [0.1, 0.15) is 61.3 Å². The number of aliphatic hydroxyl groups excluding tert-OH is 2. The highest BCUT2D eigenvalue weighted by Crippen LogP contribution is 2.41. The monoisotopic (exact) mass is 525 g/mol. The van der Waals surface area contributed by atoms with Gasteiger partial charge in [0.2, 0.25) is 0 Å². The van der Waals surface area contributed by atoms with E-state index in [1.54, 1.807) is 20.8 Å². The third-order valence-electron chi connectivity index (χ3n) is 8.54. The van der Waals surface area contributed by atoms with E-state index >= 15 is 0 Å². The van der Waals surface area contributed by atoms with E-state index in [0.717, 1.165) is 0 Å². The van der Waals surface area contributed by atoms with Crippen LogP contribution in [-0.2, 0) is 28.5 Å². The van der Waals surface area contributed by atoms with Gasteiger partial charge in [-0.25, -0.2) is 0 Å². The molecule has 9 heteroatoms. The summed E-state index contributed by atoms with van der Waals surface area (Å²) in [5.74, 6) is -2.35. The molecule has 3 aliphatic rings. The van der Waals surface area contributed by atoms with Crippen molar-refractivity contribution < 1.29 is 38.7 Å². The van der Waals surface area contributed by atoms with Gasteiger partial charge in [-0.1, -0.05) is 26.8 Å². The normalized spacial score (nSPS) is 47.8. The van der Waals surface area contributed by atoms with Gasteiger partial charge in [0.1, 0.15) is 12.2 Å². The molecule has 2 saturated heterocycles. The number of likely N-dealkylation sites (N-methyl/N-ethyl adjacent to an activating group) is 1. The first-order valence-corrected chi connectivity index (χ1v) is 13.6. The Morgan fingerprint density at radius 3 is 2.24 bits per heavy atom. The van der Waals surface area contributed by atoms with Gasteiger partial charge in [-0.05, 0) is 66.1 Å². The summed E-state index contributed by atoms with van der Waals surface area (Å²) in [6, 6.07) is -0.160. The summed E-state index contributed by atoms with van der Waals surface area (Å²) in [4.78, 5) is 28.3. The summed E-state index contributed by atoms with van der Waals surface area (Å²) in [5.41, 5.74) is -0.364. The molecule has 3 aliphatic heterocycles. The summed E-state index contributed by atoms with van der Waals surface area (Å²) < 4.78 is 23.9. The zero-order valence-corrected chi connectivity index (χ0v) is 23.8. The number of cyclic esters (lactones) is 1. The number of hydrogen-bond acceptors (Lipinski definition) is 9. The zero-order valence-electron chi connectivity index (χ0n) is 23.8. The third-order valence-corrected chi connectivity index (χ3v) is 8.54. The lowest BCUT2D eigenvalue weighted by Gasteiger charge is -2.44. The topological polar surface area (TPSA) is 118 Å². The summed E-state index contributed by atoms with van der Waals surface area (Å²) in [6.45, 7) is 13.1. The second kappa shape index (κ2) is 11.8. The number of carbonyl (C=O) groups is 2. The van der Waals surface area contributed by atoms with Gasteiger partial charge in [0.15, 0.2) is 17.7 Å². The molecule has 3 rings (SSSR count). The lowest BCUT2D eigenvalue weighted by molar-refractivity contribution is -0.283. The average Bonchev–Trinajstić information content (AvgIpc) is 3.61. The van der Waals surface area contributed by atoms with Gasteiger partial charge in [0.05, 0.1) is 30.8 Å². The SMILES string of the molecule is C/C1=C\[C@@H](C)[C@H](C)OC(=O)[C@H](C)[C@H](O)[C@H](C)[C@@H](O[C@@H]2O[C@H](C)C[C@@H](N(C)C)[C@H]2O)[C@@H](C)C[C@]2(CO2)C1=O. The molecule has 0 aromatic rings. The molecule has 0 amide bonds. The molecule has 0 aliphatic carbocycles. The molecule has 0 radical (unpaired) electrons. The molecule has 0 bridgehead atoms. The number of ketones is 1. The van der Waals surface area contributed by atoms with E-state index in [-0.39, 0.29) is 29.8 Å². The van der Waals surface area contributed by atoms with E-state index in [2.05, 4.69) is 0 Å². The molecule has 2 fully saturated rings. The molecule has 0 unspecified atom stereocenters. The molecule has 37 heavy (non-hydrogen) atoms. The molecule has 1 spiro atoms. The maximum atomic E-state index is 13.4. The van der Waals surface area contributed by atoms with Crippen LogP contribution < -0.4 is 0 Å². The van der Waals surface area contributed by atoms with Gasteiger partial charge in [0.25, 0.3) is 0 Å². The van der Waals surface area contributed by atoms with Gasteiger partial charge in [-0.3, -0.25) is 9.59 Å².